The van der Waals surface area contributed by atoms with Crippen molar-refractivity contribution in [1.29, 1.82) is 0 Å². The van der Waals surface area contributed by atoms with E-state index in [9.17, 15) is 27.6 Å². The van der Waals surface area contributed by atoms with Crippen LogP contribution in [0, 0.1) is 11.3 Å². The Morgan fingerprint density at radius 2 is 1.92 bits per heavy atom. The number of methoxy groups -OCH3 is 1. The van der Waals surface area contributed by atoms with Crippen molar-refractivity contribution in [2.24, 2.45) is 11.3 Å². The molecule has 2 aromatic rings. The van der Waals surface area contributed by atoms with Gasteiger partial charge in [0.1, 0.15) is 23.7 Å². The van der Waals surface area contributed by atoms with E-state index in [0.29, 0.717) is 38.0 Å². The molecule has 6 atom stereocenters. The van der Waals surface area contributed by atoms with Crippen LogP contribution in [0.15, 0.2) is 43.1 Å². The fourth-order valence-corrected chi connectivity index (χ4v) is 8.36. The van der Waals surface area contributed by atoms with Gasteiger partial charge in [-0.1, -0.05) is 39.0 Å². The number of rotatable bonds is 7. The molecule has 4 aliphatic rings. The van der Waals surface area contributed by atoms with Crippen LogP contribution in [0.2, 0.25) is 0 Å². The number of sulfonamides is 1. The summed E-state index contributed by atoms with van der Waals surface area (Å²) in [5.74, 6) is -2.22. The summed E-state index contributed by atoms with van der Waals surface area (Å²) in [5, 5.41) is 6.51. The average molecular weight is 726 g/mol. The molecule has 6 rings (SSSR count). The van der Waals surface area contributed by atoms with Gasteiger partial charge in [0.25, 0.3) is 5.91 Å². The lowest BCUT2D eigenvalue weighted by molar-refractivity contribution is -0.142. The van der Waals surface area contributed by atoms with Gasteiger partial charge in [0.2, 0.25) is 27.7 Å². The summed E-state index contributed by atoms with van der Waals surface area (Å²) in [6, 6.07) is 5.57. The Kier molecular flexibility index (Phi) is 10.1. The first-order chi connectivity index (χ1) is 24.2. The van der Waals surface area contributed by atoms with Crippen molar-refractivity contribution in [2.45, 2.75) is 101 Å². The van der Waals surface area contributed by atoms with Crippen molar-refractivity contribution in [3.05, 3.63) is 48.7 Å². The predicted molar refractivity (Wildman–Crippen MR) is 187 cm³/mol. The number of fused-ring (bicyclic) bond motifs is 3. The van der Waals surface area contributed by atoms with Crippen LogP contribution in [0.4, 0.5) is 4.79 Å². The maximum Gasteiger partial charge on any atom is 0.407 e. The fourth-order valence-electron chi connectivity index (χ4n) is 7.00. The first kappa shape index (κ1) is 36.5. The Hall–Kier alpha value is -4.24. The summed E-state index contributed by atoms with van der Waals surface area (Å²) in [5.41, 5.74) is -1.42. The van der Waals surface area contributed by atoms with Gasteiger partial charge in [0.15, 0.2) is 0 Å². The van der Waals surface area contributed by atoms with E-state index in [0.717, 1.165) is 16.3 Å². The highest BCUT2D eigenvalue weighted by atomic mass is 32.2. The zero-order valence-electron chi connectivity index (χ0n) is 29.5. The minimum absolute atomic E-state index is 0.0289. The molecule has 2 aliphatic carbocycles. The topological polar surface area (TPSA) is 182 Å². The second-order valence-electron chi connectivity index (χ2n) is 15.1. The van der Waals surface area contributed by atoms with Gasteiger partial charge in [0.05, 0.1) is 24.5 Å². The standard InChI is InChI=1S/C36H47N5O9S/c1-6-23-19-36(23,33(44)40-51(46,47)25-12-13-25)39-30(42)27-18-24-20-41(27)32(43)29(35(2,3)4)38-34(45)49-16-8-7-9-28(48-5)22-11-10-21-14-15-37-31(50-24)26(21)17-22/h6,10-11,14-15,17,23-25,27-29H,1,7-9,12-13,16,18-20H2,2-5H3,(H,38,45)(H,39,42)(H,40,44)/t23-,24-,27+,28?,29-,36-/m1/s1. The lowest BCUT2D eigenvalue weighted by Gasteiger charge is -2.35. The molecule has 1 saturated heterocycles. The molecule has 2 saturated carbocycles. The highest BCUT2D eigenvalue weighted by Crippen LogP contribution is 2.45. The van der Waals surface area contributed by atoms with Gasteiger partial charge in [0, 0.05) is 31.0 Å². The second kappa shape index (κ2) is 14.1. The predicted octanol–water partition coefficient (Wildman–Crippen LogP) is 3.26. The summed E-state index contributed by atoms with van der Waals surface area (Å²) in [7, 11) is -2.25. The van der Waals surface area contributed by atoms with Crippen LogP contribution in [0.5, 0.6) is 5.88 Å². The van der Waals surface area contributed by atoms with Gasteiger partial charge in [-0.25, -0.2) is 18.2 Å². The van der Waals surface area contributed by atoms with E-state index in [4.69, 9.17) is 14.2 Å². The van der Waals surface area contributed by atoms with E-state index in [1.807, 2.05) is 24.3 Å². The van der Waals surface area contributed by atoms with Crippen LogP contribution >= 0.6 is 0 Å². The Morgan fingerprint density at radius 1 is 1.16 bits per heavy atom. The zero-order chi connectivity index (χ0) is 36.7. The number of carbonyl (C=O) groups is 4. The molecule has 14 nitrogen and oxygen atoms in total. The Labute approximate surface area is 298 Å². The number of nitrogens with zero attached hydrogens (tertiary/aromatic N) is 2. The summed E-state index contributed by atoms with van der Waals surface area (Å²) in [6.45, 7) is 9.25. The lowest BCUT2D eigenvalue weighted by Crippen LogP contribution is -2.60. The number of alkyl carbamates (subject to hydrolysis) is 1. The molecule has 3 N–H and O–H groups in total. The van der Waals surface area contributed by atoms with Crippen LogP contribution < -0.4 is 20.1 Å². The van der Waals surface area contributed by atoms with Gasteiger partial charge in [-0.05, 0) is 67.0 Å². The number of aromatic nitrogens is 1. The number of nitrogens with one attached hydrogen (secondary N) is 3. The second-order valence-corrected chi connectivity index (χ2v) is 17.0. The van der Waals surface area contributed by atoms with Crippen molar-refractivity contribution in [3.8, 4) is 5.88 Å². The van der Waals surface area contributed by atoms with Crippen LogP contribution in [0.25, 0.3) is 10.8 Å². The molecule has 51 heavy (non-hydrogen) atoms. The SMILES string of the molecule is C=C[C@@H]1C[C@]1(NC(=O)[C@@H]1C[C@@H]2CN1C(=O)[C@H](C(C)(C)C)NC(=O)OCCCCC(OC)c1ccc3ccnc(c3c1)O2)C(=O)NS(=O)(=O)C1CC1. The van der Waals surface area contributed by atoms with E-state index in [1.54, 1.807) is 34.1 Å². The number of benzene rings is 1. The molecule has 0 spiro atoms. The fraction of sp³-hybridized carbons (Fsp3) is 0.583. The molecule has 3 fully saturated rings. The minimum Gasteiger partial charge on any atom is -0.472 e. The molecule has 2 aliphatic heterocycles. The molecular weight excluding hydrogens is 678 g/mol. The number of hydrogen-bond acceptors (Lipinski definition) is 10. The number of pyridine rings is 1. The molecule has 4 bridgehead atoms. The lowest BCUT2D eigenvalue weighted by atomic mass is 9.85. The number of ether oxygens (including phenoxy) is 3. The smallest absolute Gasteiger partial charge is 0.407 e. The number of carbonyl (C=O) groups excluding carboxylic acids is 4. The molecule has 0 radical (unpaired) electrons. The Balaban J connectivity index is 1.34. The number of amides is 4. The summed E-state index contributed by atoms with van der Waals surface area (Å²) in [4.78, 5) is 61.0. The Morgan fingerprint density at radius 3 is 2.59 bits per heavy atom. The minimum atomic E-state index is -3.89. The molecular formula is C36H47N5O9S. The Bertz CT molecular complexity index is 1820. The third kappa shape index (κ3) is 7.69. The number of hydrogen-bond donors (Lipinski definition) is 3. The maximum atomic E-state index is 14.4. The molecule has 3 heterocycles. The number of cyclic esters (lactones) is 1. The molecule has 276 valence electrons. The highest BCUT2D eigenvalue weighted by Gasteiger charge is 2.62. The van der Waals surface area contributed by atoms with E-state index < -0.39 is 74.1 Å². The summed E-state index contributed by atoms with van der Waals surface area (Å²) >= 11 is 0. The van der Waals surface area contributed by atoms with E-state index >= 15 is 0 Å². The third-order valence-corrected chi connectivity index (χ3v) is 12.1. The molecule has 4 amide bonds. The molecule has 1 unspecified atom stereocenters. The third-order valence-electron chi connectivity index (χ3n) is 10.3. The quantitative estimate of drug-likeness (QED) is 0.359. The van der Waals surface area contributed by atoms with E-state index in [-0.39, 0.29) is 32.1 Å². The van der Waals surface area contributed by atoms with Crippen molar-refractivity contribution < 1.29 is 41.8 Å². The zero-order valence-corrected chi connectivity index (χ0v) is 30.3. The van der Waals surface area contributed by atoms with Crippen LogP contribution in [-0.4, -0.2) is 91.4 Å². The normalized spacial score (nSPS) is 28.9. The van der Waals surface area contributed by atoms with Gasteiger partial charge in [-0.2, -0.15) is 0 Å². The first-order valence-corrected chi connectivity index (χ1v) is 19.0. The van der Waals surface area contributed by atoms with E-state index in [1.165, 1.54) is 11.0 Å². The molecule has 15 heteroatoms. The van der Waals surface area contributed by atoms with Crippen LogP contribution in [-0.2, 0) is 33.9 Å². The first-order valence-electron chi connectivity index (χ1n) is 17.5. The van der Waals surface area contributed by atoms with E-state index in [2.05, 4.69) is 26.9 Å². The molecule has 1 aromatic carbocycles. The van der Waals surface area contributed by atoms with Crippen molar-refractivity contribution in [1.82, 2.24) is 25.2 Å². The van der Waals surface area contributed by atoms with Crippen molar-refractivity contribution in [3.63, 3.8) is 0 Å². The van der Waals surface area contributed by atoms with Crippen molar-refractivity contribution >= 4 is 44.6 Å². The largest absolute Gasteiger partial charge is 0.472 e. The maximum absolute atomic E-state index is 14.4. The molecule has 1 aromatic heterocycles. The highest BCUT2D eigenvalue weighted by molar-refractivity contribution is 7.91. The van der Waals surface area contributed by atoms with Gasteiger partial charge < -0.3 is 29.7 Å². The monoisotopic (exact) mass is 725 g/mol. The van der Waals surface area contributed by atoms with Crippen LogP contribution in [0.1, 0.15) is 77.4 Å². The van der Waals surface area contributed by atoms with Crippen molar-refractivity contribution in [2.75, 3.05) is 20.3 Å². The van der Waals surface area contributed by atoms with Gasteiger partial charge in [-0.3, -0.25) is 19.1 Å². The van der Waals surface area contributed by atoms with Gasteiger partial charge >= 0.3 is 6.09 Å². The average Bonchev–Trinajstić information content (AvgIpc) is 4.01. The van der Waals surface area contributed by atoms with Crippen LogP contribution in [0.3, 0.4) is 0 Å². The summed E-state index contributed by atoms with van der Waals surface area (Å²) in [6.07, 6.45) is 4.53. The summed E-state index contributed by atoms with van der Waals surface area (Å²) < 4.78 is 45.3. The van der Waals surface area contributed by atoms with Gasteiger partial charge in [-0.15, -0.1) is 6.58 Å².